The summed E-state index contributed by atoms with van der Waals surface area (Å²) in [6.45, 7) is 7.21. The number of carbonyl (C=O) groups is 2. The fraction of sp³-hybridized carbons (Fsp3) is 0.932. The van der Waals surface area contributed by atoms with Gasteiger partial charge in [0.15, 0.2) is 37.7 Å². The maximum absolute atomic E-state index is 14.5. The van der Waals surface area contributed by atoms with Crippen molar-refractivity contribution in [1.29, 1.82) is 0 Å². The summed E-state index contributed by atoms with van der Waals surface area (Å²) in [7, 11) is 0. The lowest BCUT2D eigenvalue weighted by Gasteiger charge is -2.62. The third-order valence-corrected chi connectivity index (χ3v) is 22.8. The van der Waals surface area contributed by atoms with Gasteiger partial charge in [-0.05, 0) is 63.7 Å². The van der Waals surface area contributed by atoms with Crippen molar-refractivity contribution in [2.75, 3.05) is 39.6 Å². The van der Waals surface area contributed by atoms with Crippen LogP contribution in [0.3, 0.4) is 0 Å². The Bertz CT molecular complexity index is 2590. The molecule has 2 saturated carbocycles. The smallest absolute Gasteiger partial charge is 0.309 e. The van der Waals surface area contributed by atoms with E-state index < -0.39 is 232 Å². The van der Waals surface area contributed by atoms with Crippen LogP contribution in [0.4, 0.5) is 0 Å². The van der Waals surface area contributed by atoms with Crippen LogP contribution in [0, 0.1) is 33.5 Å². The molecule has 7 aliphatic heterocycles. The van der Waals surface area contributed by atoms with E-state index in [1.807, 2.05) is 20.8 Å². The second kappa shape index (κ2) is 26.0. The third-order valence-electron chi connectivity index (χ3n) is 22.8. The van der Waals surface area contributed by atoms with Gasteiger partial charge in [-0.2, -0.15) is 0 Å². The molecule has 9 fully saturated rings. The minimum atomic E-state index is -2.07. The first-order valence-electron chi connectivity index (χ1n) is 31.3. The first-order valence-corrected chi connectivity index (χ1v) is 31.3. The van der Waals surface area contributed by atoms with Gasteiger partial charge in [-0.1, -0.05) is 38.8 Å². The summed E-state index contributed by atoms with van der Waals surface area (Å²) in [6.07, 6.45) is -45.7. The number of ether oxygens (including phenoxy) is 13. The Kier molecular flexibility index (Phi) is 19.9. The van der Waals surface area contributed by atoms with Gasteiger partial charge in [-0.3, -0.25) is 9.59 Å². The lowest BCUT2D eigenvalue weighted by atomic mass is 9.43. The summed E-state index contributed by atoms with van der Waals surface area (Å²) in [5, 5.41) is 177. The van der Waals surface area contributed by atoms with E-state index >= 15 is 0 Å². The molecule has 31 heteroatoms. The van der Waals surface area contributed by atoms with Crippen LogP contribution in [0.15, 0.2) is 11.1 Å². The van der Waals surface area contributed by atoms with Gasteiger partial charge in [0.25, 0.3) is 0 Å². The Morgan fingerprint density at radius 1 is 0.511 bits per heavy atom. The maximum Gasteiger partial charge on any atom is 0.309 e. The quantitative estimate of drug-likeness (QED) is 0.0505. The maximum atomic E-state index is 14.5. The Morgan fingerprint density at radius 2 is 1.04 bits per heavy atom. The predicted molar refractivity (Wildman–Crippen MR) is 292 cm³/mol. The fourth-order valence-corrected chi connectivity index (χ4v) is 17.0. The number of rotatable bonds is 16. The van der Waals surface area contributed by atoms with E-state index in [9.17, 15) is 91.3 Å². The highest BCUT2D eigenvalue weighted by atomic mass is 16.8. The molecular formula is C59H92O31. The molecule has 0 bridgehead atoms. The minimum Gasteiger partial charge on any atom is -0.458 e. The molecule has 7 saturated heterocycles. The van der Waals surface area contributed by atoms with Crippen LogP contribution in [0.2, 0.25) is 0 Å². The largest absolute Gasteiger partial charge is 0.458 e. The van der Waals surface area contributed by atoms with Gasteiger partial charge in [0.05, 0.1) is 63.2 Å². The van der Waals surface area contributed by atoms with E-state index in [0.717, 1.165) is 11.1 Å². The van der Waals surface area contributed by atoms with Crippen LogP contribution in [0.1, 0.15) is 92.9 Å². The molecule has 35 atom stereocenters. The van der Waals surface area contributed by atoms with Crippen molar-refractivity contribution in [3.63, 3.8) is 0 Å². The van der Waals surface area contributed by atoms with Crippen LogP contribution in [-0.4, -0.2) is 311 Å². The monoisotopic (exact) mass is 1300 g/mol. The molecule has 0 radical (unpaired) electrons. The van der Waals surface area contributed by atoms with Gasteiger partial charge in [0.1, 0.15) is 133 Å². The molecule has 0 aromatic rings. The summed E-state index contributed by atoms with van der Waals surface area (Å²) in [4.78, 5) is 27.4. The second-order valence-corrected chi connectivity index (χ2v) is 27.7. The van der Waals surface area contributed by atoms with Crippen molar-refractivity contribution in [3.8, 4) is 0 Å². The average Bonchev–Trinajstić information content (AvgIpc) is 1.44. The highest BCUT2D eigenvalue weighted by molar-refractivity contribution is 5.94. The van der Waals surface area contributed by atoms with Crippen LogP contribution < -0.4 is 0 Å². The van der Waals surface area contributed by atoms with Crippen molar-refractivity contribution in [2.45, 2.75) is 271 Å². The topological polar surface area (TPSA) is 478 Å². The minimum absolute atomic E-state index is 0.0523. The van der Waals surface area contributed by atoms with Gasteiger partial charge in [-0.25, -0.2) is 0 Å². The van der Waals surface area contributed by atoms with Crippen LogP contribution in [-0.2, 0) is 71.2 Å². The van der Waals surface area contributed by atoms with Gasteiger partial charge in [-0.15, -0.1) is 0 Å². The van der Waals surface area contributed by atoms with Crippen LogP contribution in [0.5, 0.6) is 0 Å². The van der Waals surface area contributed by atoms with E-state index in [2.05, 4.69) is 13.8 Å². The van der Waals surface area contributed by atoms with E-state index in [4.69, 9.17) is 61.6 Å². The normalized spacial score (nSPS) is 54.8. The molecule has 11 aliphatic rings. The lowest BCUT2D eigenvalue weighted by molar-refractivity contribution is -0.407. The fourth-order valence-electron chi connectivity index (χ4n) is 17.0. The SMILES string of the molecule is C[C@@H]1O[C@@H](O[C@H]2[C@H](O[C@H]3[C@H](OC[C@H]4O[C@@H](O[C@H]5CC[C@]6(C)C7=C(CC[C@H]6[C@@]5(C)CO)[C@]5(C)C(=O)C[C@]6(C[C@H](C)C(=O)O6)[C@@]5(C)CC7)[C@H](O)[C@@H](O)[C@@H]4O)OC[C@H](O)[C@@H]3O)O[C@H](CO)[C@@H](O)[C@@H]2O[C@@H]2OC[C@H](O)[C@H](O)[C@H]2O[C@@H]2O[C@@H](CO)[C@H](O)[C@H]2O)[C@H](O)[C@H](O)[C@H]1O. The number of hydrogen-bond donors (Lipinski definition) is 16. The standard InChI is InChI=1S/C59H92O31/c1-21-13-59(90-48(21)77)14-31(65)58(6)24-7-8-30-55(3,23(24)9-12-57(58,59)5)11-10-32(56(30,4)20-62)85-50-43(76)40(73)37(70)29(84-50)19-80-52-45(34(67)25(63)17-78-52)88-54-47(89-49-42(75)39(72)33(66)22(2)81-49)44(38(71)28(16-61)83-54)86-53-46(35(68)26(64)18-79-53)87-51-41(74)36(69)27(15-60)82-51/h21-22,25-30,32-47,49-54,60-64,66-76H,7-20H2,1-6H3/t21-,22-,25-,26-,27-,28+,29+,30+,32-,33-,34-,35-,36-,37+,38+,39+,40-,41+,42+,43+,44-,45+,46+,47+,49-,50-,51-,52-,53-,54-,55+,56+,57-,58+,59+/m0/s1. The molecule has 90 heavy (non-hydrogen) atoms. The molecule has 0 aromatic heterocycles. The summed E-state index contributed by atoms with van der Waals surface area (Å²) in [5.41, 5.74) is -1.70. The average molecular weight is 1300 g/mol. The summed E-state index contributed by atoms with van der Waals surface area (Å²) < 4.78 is 78.4. The van der Waals surface area contributed by atoms with E-state index in [-0.39, 0.29) is 36.6 Å². The predicted octanol–water partition coefficient (Wildman–Crippen LogP) is -6.16. The number of aliphatic hydroxyl groups excluding tert-OH is 16. The molecular weight excluding hydrogens is 1200 g/mol. The highest BCUT2D eigenvalue weighted by Crippen LogP contribution is 2.73. The van der Waals surface area contributed by atoms with E-state index in [1.165, 1.54) is 6.92 Å². The van der Waals surface area contributed by atoms with Gasteiger partial charge >= 0.3 is 5.97 Å². The lowest BCUT2D eigenvalue weighted by Crippen LogP contribution is -2.68. The van der Waals surface area contributed by atoms with Crippen molar-refractivity contribution in [1.82, 2.24) is 0 Å². The number of allylic oxidation sites excluding steroid dienone is 2. The number of aliphatic hydroxyl groups is 16. The van der Waals surface area contributed by atoms with E-state index in [1.54, 1.807) is 0 Å². The van der Waals surface area contributed by atoms with Crippen LogP contribution >= 0.6 is 0 Å². The molecule has 0 amide bonds. The molecule has 514 valence electrons. The Labute approximate surface area is 518 Å². The number of hydrogen-bond acceptors (Lipinski definition) is 31. The van der Waals surface area contributed by atoms with Gasteiger partial charge in [0, 0.05) is 23.7 Å². The number of ketones is 1. The van der Waals surface area contributed by atoms with Crippen LogP contribution in [0.25, 0.3) is 0 Å². The van der Waals surface area contributed by atoms with Crippen molar-refractivity contribution >= 4 is 11.8 Å². The molecule has 7 heterocycles. The van der Waals surface area contributed by atoms with Gasteiger partial charge < -0.3 is 143 Å². The zero-order valence-electron chi connectivity index (χ0n) is 51.0. The Hall–Kier alpha value is -2.24. The first-order chi connectivity index (χ1) is 42.4. The third kappa shape index (κ3) is 11.3. The Morgan fingerprint density at radius 3 is 1.67 bits per heavy atom. The van der Waals surface area contributed by atoms with Gasteiger partial charge in [0.2, 0.25) is 0 Å². The Balaban J connectivity index is 0.817. The molecule has 11 rings (SSSR count). The molecule has 0 unspecified atom stereocenters. The first kappa shape index (κ1) is 69.1. The zero-order valence-corrected chi connectivity index (χ0v) is 51.0. The molecule has 1 spiro atoms. The van der Waals surface area contributed by atoms with Crippen molar-refractivity contribution in [3.05, 3.63) is 11.1 Å². The van der Waals surface area contributed by atoms with Crippen molar-refractivity contribution in [2.24, 2.45) is 33.5 Å². The zero-order chi connectivity index (χ0) is 65.2. The molecule has 4 aliphatic carbocycles. The molecule has 16 N–H and O–H groups in total. The summed E-state index contributed by atoms with van der Waals surface area (Å²) in [6, 6.07) is 0. The second-order valence-electron chi connectivity index (χ2n) is 27.7. The van der Waals surface area contributed by atoms with E-state index in [0.29, 0.717) is 44.9 Å². The molecule has 0 aromatic carbocycles. The number of Topliss-reactive ketones (excluding diaryl/α,β-unsaturated/α-hetero) is 1. The number of fused-ring (bicyclic) bond motifs is 5. The highest BCUT2D eigenvalue weighted by Gasteiger charge is 2.75. The molecule has 31 nitrogen and oxygen atoms in total. The number of esters is 1. The van der Waals surface area contributed by atoms with Crippen molar-refractivity contribution < 1.29 is 153 Å². The summed E-state index contributed by atoms with van der Waals surface area (Å²) >= 11 is 0. The summed E-state index contributed by atoms with van der Waals surface area (Å²) in [5.74, 6) is -0.785. The number of carbonyl (C=O) groups excluding carboxylic acids is 2.